The zero-order valence-corrected chi connectivity index (χ0v) is 11.2. The lowest BCUT2D eigenvalue weighted by molar-refractivity contribution is -0.122. The quantitative estimate of drug-likeness (QED) is 0.764. The molecule has 0 fully saturated rings. The monoisotopic (exact) mass is 283 g/mol. The van der Waals surface area contributed by atoms with Crippen molar-refractivity contribution in [2.75, 3.05) is 20.3 Å². The lowest BCUT2D eigenvalue weighted by Crippen LogP contribution is -2.29. The average Bonchev–Trinajstić information content (AvgIpc) is 2.42. The number of hydrogen-bond acceptors (Lipinski definition) is 4. The molecule has 0 aliphatic carbocycles. The summed E-state index contributed by atoms with van der Waals surface area (Å²) in [5.41, 5.74) is 0.439. The molecular weight excluding hydrogens is 270 g/mol. The van der Waals surface area contributed by atoms with Gasteiger partial charge >= 0.3 is 0 Å². The maximum absolute atomic E-state index is 11.4. The minimum absolute atomic E-state index is 0.132. The number of carbonyl (C=O) groups excluding carboxylic acids is 1. The molecule has 6 heteroatoms. The predicted molar refractivity (Wildman–Crippen MR) is 71.3 cm³/mol. The van der Waals surface area contributed by atoms with Crippen LogP contribution in [0.5, 0.6) is 11.5 Å². The predicted octanol–water partition coefficient (Wildman–Crippen LogP) is 0.969. The van der Waals surface area contributed by atoms with E-state index in [9.17, 15) is 9.90 Å². The Morgan fingerprint density at radius 1 is 1.58 bits per heavy atom. The molecule has 0 aromatic heterocycles. The highest BCUT2D eigenvalue weighted by atomic mass is 35.5. The van der Waals surface area contributed by atoms with Crippen LogP contribution in [0.25, 0.3) is 0 Å². The summed E-state index contributed by atoms with van der Waals surface area (Å²) < 4.78 is 10.4. The Morgan fingerprint density at radius 3 is 2.89 bits per heavy atom. The van der Waals surface area contributed by atoms with Crippen molar-refractivity contribution in [2.45, 2.75) is 6.61 Å². The van der Waals surface area contributed by atoms with Crippen molar-refractivity contribution in [3.05, 3.63) is 22.7 Å². The van der Waals surface area contributed by atoms with Crippen LogP contribution in [-0.4, -0.2) is 31.3 Å². The first-order valence-electron chi connectivity index (χ1n) is 5.42. The summed E-state index contributed by atoms with van der Waals surface area (Å²) in [7, 11) is 1.44. The molecule has 102 valence electrons. The summed E-state index contributed by atoms with van der Waals surface area (Å²) in [6.45, 7) is -0.377. The maximum Gasteiger partial charge on any atom is 0.258 e. The van der Waals surface area contributed by atoms with E-state index in [1.807, 2.05) is 0 Å². The van der Waals surface area contributed by atoms with E-state index in [2.05, 4.69) is 11.2 Å². The zero-order chi connectivity index (χ0) is 14.3. The first-order chi connectivity index (χ1) is 9.12. The van der Waals surface area contributed by atoms with Crippen molar-refractivity contribution in [1.29, 1.82) is 0 Å². The normalized spacial score (nSPS) is 9.58. The highest BCUT2D eigenvalue weighted by Crippen LogP contribution is 2.34. The number of aliphatic hydroxyl groups is 1. The second kappa shape index (κ2) is 7.52. The van der Waals surface area contributed by atoms with Gasteiger partial charge in [0.1, 0.15) is 0 Å². The summed E-state index contributed by atoms with van der Waals surface area (Å²) in [6, 6.07) is 3.08. The van der Waals surface area contributed by atoms with Gasteiger partial charge < -0.3 is 19.9 Å². The summed E-state index contributed by atoms with van der Waals surface area (Å²) in [5.74, 6) is 2.55. The van der Waals surface area contributed by atoms with Gasteiger partial charge in [-0.25, -0.2) is 0 Å². The third kappa shape index (κ3) is 4.36. The molecular formula is C13H14ClNO4. The Bertz CT molecular complexity index is 471. The van der Waals surface area contributed by atoms with Crippen LogP contribution in [0.3, 0.4) is 0 Å². The minimum Gasteiger partial charge on any atom is -0.493 e. The van der Waals surface area contributed by atoms with E-state index in [1.54, 1.807) is 6.07 Å². The molecule has 0 aliphatic heterocycles. The number of halogens is 1. The van der Waals surface area contributed by atoms with Crippen molar-refractivity contribution in [1.82, 2.24) is 5.32 Å². The first-order valence-corrected chi connectivity index (χ1v) is 5.80. The minimum atomic E-state index is -0.362. The number of carbonyl (C=O) groups is 1. The topological polar surface area (TPSA) is 67.8 Å². The number of hydrogen-bond donors (Lipinski definition) is 2. The molecule has 2 N–H and O–H groups in total. The van der Waals surface area contributed by atoms with Gasteiger partial charge in [0, 0.05) is 16.7 Å². The standard InChI is InChI=1S/C13H14ClNO4/c1-3-4-15-12(17)8-19-13-9(7-16)5-10(14)6-11(13)18-2/h1,5-6,16H,4,7-8H2,2H3,(H,15,17). The molecule has 0 spiro atoms. The summed E-state index contributed by atoms with van der Waals surface area (Å²) >= 11 is 5.86. The van der Waals surface area contributed by atoms with Gasteiger partial charge in [0.15, 0.2) is 18.1 Å². The zero-order valence-electron chi connectivity index (χ0n) is 10.4. The number of methoxy groups -OCH3 is 1. The molecule has 5 nitrogen and oxygen atoms in total. The molecule has 0 aliphatic rings. The van der Waals surface area contributed by atoms with E-state index >= 15 is 0 Å². The molecule has 1 aromatic carbocycles. The summed E-state index contributed by atoms with van der Waals surface area (Å²) in [5, 5.41) is 12.1. The lowest BCUT2D eigenvalue weighted by atomic mass is 10.2. The fraction of sp³-hybridized carbons (Fsp3) is 0.308. The maximum atomic E-state index is 11.4. The molecule has 0 bridgehead atoms. The number of nitrogens with one attached hydrogen (secondary N) is 1. The molecule has 1 amide bonds. The smallest absolute Gasteiger partial charge is 0.258 e. The molecule has 0 saturated heterocycles. The second-order valence-corrected chi connectivity index (χ2v) is 3.96. The first kappa shape index (κ1) is 15.2. The van der Waals surface area contributed by atoms with Gasteiger partial charge in [0.25, 0.3) is 5.91 Å². The van der Waals surface area contributed by atoms with Crippen molar-refractivity contribution in [3.63, 3.8) is 0 Å². The summed E-state index contributed by atoms with van der Waals surface area (Å²) in [4.78, 5) is 11.4. The van der Waals surface area contributed by atoms with Gasteiger partial charge in [-0.05, 0) is 6.07 Å². The molecule has 0 radical (unpaired) electrons. The SMILES string of the molecule is C#CCNC(=O)COc1c(CO)cc(Cl)cc1OC. The Balaban J connectivity index is 2.82. The Morgan fingerprint density at radius 2 is 2.32 bits per heavy atom. The highest BCUT2D eigenvalue weighted by Gasteiger charge is 2.13. The molecule has 0 saturated carbocycles. The average molecular weight is 284 g/mol. The van der Waals surface area contributed by atoms with Crippen molar-refractivity contribution in [2.24, 2.45) is 0 Å². The van der Waals surface area contributed by atoms with E-state index in [1.165, 1.54) is 13.2 Å². The number of terminal acetylenes is 1. The van der Waals surface area contributed by atoms with Crippen molar-refractivity contribution < 1.29 is 19.4 Å². The molecule has 0 atom stereocenters. The summed E-state index contributed by atoms with van der Waals surface area (Å²) in [6.07, 6.45) is 5.02. The van der Waals surface area contributed by atoms with E-state index in [-0.39, 0.29) is 31.4 Å². The third-order valence-corrected chi connectivity index (χ3v) is 2.44. The highest BCUT2D eigenvalue weighted by molar-refractivity contribution is 6.30. The fourth-order valence-electron chi connectivity index (χ4n) is 1.39. The number of ether oxygens (including phenoxy) is 2. The van der Waals surface area contributed by atoms with Gasteiger partial charge in [0.2, 0.25) is 0 Å². The van der Waals surface area contributed by atoms with E-state index in [0.717, 1.165) is 0 Å². The lowest BCUT2D eigenvalue weighted by Gasteiger charge is -2.14. The Kier molecular flexibility index (Phi) is 6.00. The largest absolute Gasteiger partial charge is 0.493 e. The van der Waals surface area contributed by atoms with Crippen LogP contribution in [0.2, 0.25) is 5.02 Å². The van der Waals surface area contributed by atoms with Crippen LogP contribution in [0.15, 0.2) is 12.1 Å². The molecule has 19 heavy (non-hydrogen) atoms. The number of amides is 1. The molecule has 0 unspecified atom stereocenters. The van der Waals surface area contributed by atoms with Gasteiger partial charge in [-0.3, -0.25) is 4.79 Å². The van der Waals surface area contributed by atoms with Crippen LogP contribution in [0.1, 0.15) is 5.56 Å². The Labute approximate surface area is 116 Å². The van der Waals surface area contributed by atoms with E-state index in [4.69, 9.17) is 27.5 Å². The Hall–Kier alpha value is -1.90. The van der Waals surface area contributed by atoms with Gasteiger partial charge in [-0.2, -0.15) is 0 Å². The molecule has 0 heterocycles. The van der Waals surface area contributed by atoms with Gasteiger partial charge in [0.05, 0.1) is 20.3 Å². The fourth-order valence-corrected chi connectivity index (χ4v) is 1.62. The van der Waals surface area contributed by atoms with Gasteiger partial charge in [-0.1, -0.05) is 17.5 Å². The number of benzene rings is 1. The van der Waals surface area contributed by atoms with Crippen molar-refractivity contribution in [3.8, 4) is 23.8 Å². The third-order valence-electron chi connectivity index (χ3n) is 2.22. The van der Waals surface area contributed by atoms with Crippen molar-refractivity contribution >= 4 is 17.5 Å². The molecule has 1 aromatic rings. The second-order valence-electron chi connectivity index (χ2n) is 3.52. The van der Waals surface area contributed by atoms with Crippen LogP contribution < -0.4 is 14.8 Å². The van der Waals surface area contributed by atoms with Crippen LogP contribution in [-0.2, 0) is 11.4 Å². The number of aliphatic hydroxyl groups excluding tert-OH is 1. The van der Waals surface area contributed by atoms with E-state index < -0.39 is 0 Å². The number of rotatable bonds is 6. The van der Waals surface area contributed by atoms with Gasteiger partial charge in [-0.15, -0.1) is 6.42 Å². The van der Waals surface area contributed by atoms with E-state index in [0.29, 0.717) is 16.3 Å². The molecule has 1 rings (SSSR count). The van der Waals surface area contributed by atoms with Crippen LogP contribution in [0, 0.1) is 12.3 Å². The van der Waals surface area contributed by atoms with Crippen LogP contribution in [0.4, 0.5) is 0 Å². The van der Waals surface area contributed by atoms with Crippen LogP contribution >= 0.6 is 11.6 Å².